The van der Waals surface area contributed by atoms with Gasteiger partial charge in [0.15, 0.2) is 18.9 Å². The largest absolute Gasteiger partial charge is 0.543 e. The van der Waals surface area contributed by atoms with Gasteiger partial charge in [0.25, 0.3) is 0 Å². The first kappa shape index (κ1) is 21.1. The first-order valence-electron chi connectivity index (χ1n) is 9.69. The number of carbonyl (C=O) groups excluding carboxylic acids is 3. The van der Waals surface area contributed by atoms with Crippen LogP contribution in [0.2, 0.25) is 0 Å². The van der Waals surface area contributed by atoms with E-state index in [0.29, 0.717) is 12.1 Å². The lowest BCUT2D eigenvalue weighted by molar-refractivity contribution is -0.688. The zero-order valence-electron chi connectivity index (χ0n) is 16.6. The van der Waals surface area contributed by atoms with Crippen molar-refractivity contribution in [3.05, 3.63) is 76.6 Å². The second-order valence-corrected chi connectivity index (χ2v) is 8.57. The van der Waals surface area contributed by atoms with Crippen molar-refractivity contribution in [1.29, 1.82) is 0 Å². The Bertz CT molecular complexity index is 1050. The number of carboxylic acid groups (broad SMARTS) is 1. The number of esters is 1. The van der Waals surface area contributed by atoms with Crippen LogP contribution in [-0.4, -0.2) is 45.9 Å². The Morgan fingerprint density at radius 3 is 2.52 bits per heavy atom. The molecule has 1 aromatic carbocycles. The van der Waals surface area contributed by atoms with E-state index in [1.807, 2.05) is 47.3 Å². The normalized spacial score (nSPS) is 20.8. The Hall–Kier alpha value is -3.17. The van der Waals surface area contributed by atoms with Gasteiger partial charge < -0.3 is 19.7 Å². The third-order valence-electron chi connectivity index (χ3n) is 5.23. The molecule has 0 aliphatic carbocycles. The number of amides is 1. The molecule has 0 bridgehead atoms. The van der Waals surface area contributed by atoms with Gasteiger partial charge >= 0.3 is 5.97 Å². The number of aliphatic hydroxyl groups excluding tert-OH is 1. The van der Waals surface area contributed by atoms with Crippen LogP contribution in [0.25, 0.3) is 0 Å². The summed E-state index contributed by atoms with van der Waals surface area (Å²) < 4.78 is 7.30. The number of hydrogen-bond donors (Lipinski definition) is 1. The number of aromatic nitrogens is 1. The van der Waals surface area contributed by atoms with E-state index in [4.69, 9.17) is 4.74 Å². The lowest BCUT2D eigenvalue weighted by Gasteiger charge is -2.44. The van der Waals surface area contributed by atoms with Gasteiger partial charge in [-0.25, -0.2) is 9.36 Å². The number of aliphatic hydroxyl groups is 1. The number of carboxylic acids is 1. The minimum absolute atomic E-state index is 0.229. The van der Waals surface area contributed by atoms with Crippen molar-refractivity contribution in [2.75, 3.05) is 6.61 Å². The van der Waals surface area contributed by atoms with E-state index in [9.17, 15) is 24.6 Å². The second kappa shape index (κ2) is 8.52. The Morgan fingerprint density at radius 2 is 1.90 bits per heavy atom. The molecular formula is C22H20N2O6S. The van der Waals surface area contributed by atoms with Crippen LogP contribution in [0.15, 0.2) is 65.5 Å². The third kappa shape index (κ3) is 4.06. The number of hydrogen-bond acceptors (Lipinski definition) is 7. The van der Waals surface area contributed by atoms with Crippen molar-refractivity contribution >= 4 is 29.6 Å². The molecule has 0 saturated carbocycles. The summed E-state index contributed by atoms with van der Waals surface area (Å²) in [5, 5.41) is 20.8. The predicted molar refractivity (Wildman–Crippen MR) is 108 cm³/mol. The molecule has 0 unspecified atom stereocenters. The molecule has 8 nitrogen and oxygen atoms in total. The minimum atomic E-state index is -1.51. The van der Waals surface area contributed by atoms with E-state index in [1.54, 1.807) is 12.1 Å². The fraction of sp³-hybridized carbons (Fsp3) is 0.273. The van der Waals surface area contributed by atoms with Crippen LogP contribution in [0.3, 0.4) is 0 Å². The summed E-state index contributed by atoms with van der Waals surface area (Å²) >= 11 is 1.10. The lowest BCUT2D eigenvalue weighted by atomic mass is 9.92. The highest BCUT2D eigenvalue weighted by molar-refractivity contribution is 8.04. The summed E-state index contributed by atoms with van der Waals surface area (Å²) in [5.41, 5.74) is 1.05. The molecular weight excluding hydrogens is 420 g/mol. The predicted octanol–water partition coefficient (Wildman–Crippen LogP) is 0.0528. The Balaban J connectivity index is 1.40. The van der Waals surface area contributed by atoms with Crippen LogP contribution in [0.5, 0.6) is 0 Å². The average Bonchev–Trinajstić information content (AvgIpc) is 3.07. The van der Waals surface area contributed by atoms with Crippen molar-refractivity contribution in [1.82, 2.24) is 4.90 Å². The molecule has 2 aliphatic heterocycles. The highest BCUT2D eigenvalue weighted by Crippen LogP contribution is 2.50. The summed E-state index contributed by atoms with van der Waals surface area (Å²) in [6, 6.07) is 12.7. The van der Waals surface area contributed by atoms with Crippen LogP contribution in [0.4, 0.5) is 0 Å². The van der Waals surface area contributed by atoms with Crippen LogP contribution < -0.4 is 9.67 Å². The van der Waals surface area contributed by atoms with E-state index in [2.05, 4.69) is 0 Å². The standard InChI is InChI=1S/C22H20N2O6S/c1-13(25)17-19(26)24-18(21(27)28)16(31-20(17)24)12-30-22(29)15-7-5-14(6-8-15)11-23-9-3-2-4-10-23/h2-10,13,17,20,25H,11-12H2,1H3/t13-,17+,20-/m1/s1. The lowest BCUT2D eigenvalue weighted by Crippen LogP contribution is -2.61. The van der Waals surface area contributed by atoms with Gasteiger partial charge in [-0.05, 0) is 19.1 Å². The Kier molecular flexibility index (Phi) is 5.79. The smallest absolute Gasteiger partial charge is 0.338 e. The molecule has 1 N–H and O–H groups in total. The number of pyridine rings is 1. The molecule has 1 amide bonds. The fourth-order valence-electron chi connectivity index (χ4n) is 3.66. The Labute approximate surface area is 182 Å². The highest BCUT2D eigenvalue weighted by Gasteiger charge is 2.56. The van der Waals surface area contributed by atoms with Crippen LogP contribution in [0, 0.1) is 5.92 Å². The minimum Gasteiger partial charge on any atom is -0.543 e. The number of β-lactam (4-membered cyclic amide) rings is 1. The highest BCUT2D eigenvalue weighted by atomic mass is 32.2. The van der Waals surface area contributed by atoms with Crippen LogP contribution in [-0.2, 0) is 20.9 Å². The van der Waals surface area contributed by atoms with Gasteiger partial charge in [0.1, 0.15) is 12.0 Å². The fourth-order valence-corrected chi connectivity index (χ4v) is 5.17. The number of aliphatic carboxylic acids is 1. The molecule has 3 heterocycles. The maximum absolute atomic E-state index is 12.4. The number of carbonyl (C=O) groups is 3. The summed E-state index contributed by atoms with van der Waals surface area (Å²) in [6.45, 7) is 1.85. The monoisotopic (exact) mass is 440 g/mol. The van der Waals surface area contributed by atoms with Crippen LogP contribution in [0.1, 0.15) is 22.8 Å². The first-order valence-corrected chi connectivity index (χ1v) is 10.6. The molecule has 0 spiro atoms. The molecule has 2 aromatic rings. The number of nitrogens with zero attached hydrogens (tertiary/aromatic N) is 2. The number of benzene rings is 1. The van der Waals surface area contributed by atoms with Crippen molar-refractivity contribution in [2.24, 2.45) is 5.92 Å². The summed E-state index contributed by atoms with van der Waals surface area (Å²) in [5.74, 6) is -3.28. The molecule has 9 heteroatoms. The molecule has 1 fully saturated rings. The molecule has 0 radical (unpaired) electrons. The van der Waals surface area contributed by atoms with Gasteiger partial charge in [-0.2, -0.15) is 0 Å². The number of ether oxygens (including phenoxy) is 1. The van der Waals surface area contributed by atoms with E-state index in [0.717, 1.165) is 22.2 Å². The number of fused-ring (bicyclic) bond motifs is 1. The van der Waals surface area contributed by atoms with Crippen LogP contribution >= 0.6 is 11.8 Å². The third-order valence-corrected chi connectivity index (χ3v) is 6.57. The van der Waals surface area contributed by atoms with E-state index in [-0.39, 0.29) is 17.2 Å². The molecule has 1 aromatic heterocycles. The Morgan fingerprint density at radius 1 is 1.23 bits per heavy atom. The molecule has 1 saturated heterocycles. The maximum Gasteiger partial charge on any atom is 0.338 e. The van der Waals surface area contributed by atoms with Gasteiger partial charge in [-0.3, -0.25) is 9.69 Å². The van der Waals surface area contributed by atoms with E-state index >= 15 is 0 Å². The maximum atomic E-state index is 12.4. The van der Waals surface area contributed by atoms with Gasteiger partial charge in [0.05, 0.1) is 34.2 Å². The number of rotatable bonds is 7. The molecule has 160 valence electrons. The second-order valence-electron chi connectivity index (χ2n) is 7.36. The first-order chi connectivity index (χ1) is 14.9. The van der Waals surface area contributed by atoms with Crippen molar-refractivity contribution in [3.63, 3.8) is 0 Å². The summed E-state index contributed by atoms with van der Waals surface area (Å²) in [4.78, 5) is 37.5. The topological polar surface area (TPSA) is 111 Å². The molecule has 2 aliphatic rings. The average molecular weight is 440 g/mol. The van der Waals surface area contributed by atoms with Crippen molar-refractivity contribution in [3.8, 4) is 0 Å². The van der Waals surface area contributed by atoms with Gasteiger partial charge in [-0.15, -0.1) is 0 Å². The summed E-state index contributed by atoms with van der Waals surface area (Å²) in [7, 11) is 0. The zero-order chi connectivity index (χ0) is 22.1. The van der Waals surface area contributed by atoms with Gasteiger partial charge in [-0.1, -0.05) is 30.0 Å². The quantitative estimate of drug-likeness (QED) is 0.368. The van der Waals surface area contributed by atoms with E-state index < -0.39 is 35.2 Å². The van der Waals surface area contributed by atoms with Gasteiger partial charge in [0, 0.05) is 17.7 Å². The van der Waals surface area contributed by atoms with Gasteiger partial charge in [0.2, 0.25) is 5.91 Å². The molecule has 4 rings (SSSR count). The van der Waals surface area contributed by atoms with Crippen molar-refractivity contribution < 1.29 is 33.9 Å². The zero-order valence-corrected chi connectivity index (χ0v) is 17.5. The summed E-state index contributed by atoms with van der Waals surface area (Å²) in [6.07, 6.45) is 2.99. The molecule has 31 heavy (non-hydrogen) atoms. The SMILES string of the molecule is C[C@@H](O)[C@H]1C(=O)N2C(C(=O)[O-])=C(COC(=O)c3ccc(C[n+]4ccccc4)cc3)S[C@H]12. The van der Waals surface area contributed by atoms with Crippen molar-refractivity contribution in [2.45, 2.75) is 24.9 Å². The number of thioether (sulfide) groups is 1. The van der Waals surface area contributed by atoms with E-state index in [1.165, 1.54) is 6.92 Å². The molecule has 3 atom stereocenters.